The average molecular weight is 250 g/mol. The highest BCUT2D eigenvalue weighted by molar-refractivity contribution is 5.92. The minimum absolute atomic E-state index is 0.0353. The van der Waals surface area contributed by atoms with Crippen LogP contribution in [0.15, 0.2) is 24.3 Å². The lowest BCUT2D eigenvalue weighted by Crippen LogP contribution is -2.13. The smallest absolute Gasteiger partial charge is 0.226 e. The van der Waals surface area contributed by atoms with E-state index in [1.807, 2.05) is 0 Å². The molecule has 0 atom stereocenters. The van der Waals surface area contributed by atoms with Gasteiger partial charge in [0, 0.05) is 24.9 Å². The van der Waals surface area contributed by atoms with E-state index in [4.69, 9.17) is 4.74 Å². The van der Waals surface area contributed by atoms with Gasteiger partial charge >= 0.3 is 0 Å². The molecule has 2 N–H and O–H groups in total. The number of hydrogen-bond acceptors (Lipinski definition) is 3. The molecule has 0 bridgehead atoms. The van der Waals surface area contributed by atoms with Crippen molar-refractivity contribution in [1.82, 2.24) is 0 Å². The van der Waals surface area contributed by atoms with E-state index in [2.05, 4.69) is 10.6 Å². The van der Waals surface area contributed by atoms with Crippen molar-refractivity contribution in [2.75, 3.05) is 24.4 Å². The largest absolute Gasteiger partial charge is 0.384 e. The number of carbonyl (C=O) groups is 2. The van der Waals surface area contributed by atoms with Gasteiger partial charge in [-0.1, -0.05) is 6.92 Å². The van der Waals surface area contributed by atoms with Crippen molar-refractivity contribution in [2.45, 2.75) is 19.8 Å². The number of methoxy groups -OCH3 is 1. The molecule has 0 heterocycles. The van der Waals surface area contributed by atoms with E-state index < -0.39 is 0 Å². The molecule has 5 heteroatoms. The Morgan fingerprint density at radius 1 is 1.06 bits per heavy atom. The van der Waals surface area contributed by atoms with E-state index in [0.29, 0.717) is 25.1 Å². The molecular formula is C13H18N2O3. The van der Waals surface area contributed by atoms with Gasteiger partial charge in [-0.3, -0.25) is 9.59 Å². The zero-order chi connectivity index (χ0) is 13.4. The summed E-state index contributed by atoms with van der Waals surface area (Å²) in [6.45, 7) is 2.19. The maximum Gasteiger partial charge on any atom is 0.226 e. The highest BCUT2D eigenvalue weighted by Crippen LogP contribution is 2.13. The molecule has 0 aliphatic rings. The standard InChI is InChI=1S/C13H18N2O3/c1-3-12(16)14-10-4-6-11(7-5-10)15-13(17)8-9-18-2/h4-7H,3,8-9H2,1-2H3,(H,14,16)(H,15,17). The summed E-state index contributed by atoms with van der Waals surface area (Å²) < 4.78 is 4.82. The summed E-state index contributed by atoms with van der Waals surface area (Å²) >= 11 is 0. The number of anilines is 2. The van der Waals surface area contributed by atoms with Gasteiger partial charge in [-0.15, -0.1) is 0 Å². The van der Waals surface area contributed by atoms with Crippen molar-refractivity contribution >= 4 is 23.2 Å². The molecule has 0 aliphatic carbocycles. The molecule has 18 heavy (non-hydrogen) atoms. The molecule has 1 aromatic carbocycles. The second kappa shape index (κ2) is 7.45. The maximum absolute atomic E-state index is 11.4. The molecule has 2 amide bonds. The summed E-state index contributed by atoms with van der Waals surface area (Å²) in [5, 5.41) is 5.47. The molecule has 1 rings (SSSR count). The van der Waals surface area contributed by atoms with Gasteiger partial charge in [-0.25, -0.2) is 0 Å². The molecule has 0 radical (unpaired) electrons. The fourth-order valence-corrected chi connectivity index (χ4v) is 1.30. The molecule has 0 aliphatic heterocycles. The van der Waals surface area contributed by atoms with E-state index >= 15 is 0 Å². The zero-order valence-corrected chi connectivity index (χ0v) is 10.7. The normalized spacial score (nSPS) is 9.89. The second-order valence-electron chi connectivity index (χ2n) is 3.77. The molecule has 0 fully saturated rings. The summed E-state index contributed by atoms with van der Waals surface area (Å²) in [7, 11) is 1.55. The van der Waals surface area contributed by atoms with Gasteiger partial charge in [0.05, 0.1) is 13.0 Å². The first-order valence-electron chi connectivity index (χ1n) is 5.84. The molecule has 0 unspecified atom stereocenters. The summed E-state index contributed by atoms with van der Waals surface area (Å²) in [5.41, 5.74) is 1.42. The first kappa shape index (κ1) is 14.2. The zero-order valence-electron chi connectivity index (χ0n) is 10.7. The van der Waals surface area contributed by atoms with Gasteiger partial charge in [-0.05, 0) is 24.3 Å². The minimum atomic E-state index is -0.0952. The van der Waals surface area contributed by atoms with Crippen molar-refractivity contribution in [3.8, 4) is 0 Å². The molecule has 0 spiro atoms. The number of nitrogens with one attached hydrogen (secondary N) is 2. The summed E-state index contributed by atoms with van der Waals surface area (Å²) in [5.74, 6) is -0.130. The van der Waals surface area contributed by atoms with Gasteiger partial charge in [-0.2, -0.15) is 0 Å². The Morgan fingerprint density at radius 2 is 1.56 bits per heavy atom. The fraction of sp³-hybridized carbons (Fsp3) is 0.385. The predicted molar refractivity (Wildman–Crippen MR) is 70.5 cm³/mol. The molecule has 0 aromatic heterocycles. The van der Waals surface area contributed by atoms with Gasteiger partial charge < -0.3 is 15.4 Å². The first-order chi connectivity index (χ1) is 8.65. The van der Waals surface area contributed by atoms with Crippen LogP contribution >= 0.6 is 0 Å². The highest BCUT2D eigenvalue weighted by atomic mass is 16.5. The van der Waals surface area contributed by atoms with Crippen molar-refractivity contribution in [3.63, 3.8) is 0 Å². The summed E-state index contributed by atoms with van der Waals surface area (Å²) in [6, 6.07) is 6.99. The summed E-state index contributed by atoms with van der Waals surface area (Å²) in [4.78, 5) is 22.6. The van der Waals surface area contributed by atoms with E-state index in [0.717, 1.165) is 5.69 Å². The van der Waals surface area contributed by atoms with E-state index in [-0.39, 0.29) is 11.8 Å². The number of hydrogen-bond donors (Lipinski definition) is 2. The van der Waals surface area contributed by atoms with Crippen LogP contribution in [0.4, 0.5) is 11.4 Å². The fourth-order valence-electron chi connectivity index (χ4n) is 1.30. The minimum Gasteiger partial charge on any atom is -0.384 e. The third-order valence-corrected chi connectivity index (χ3v) is 2.31. The van der Waals surface area contributed by atoms with Crippen LogP contribution in [0, 0.1) is 0 Å². The summed E-state index contributed by atoms with van der Waals surface area (Å²) in [6.07, 6.45) is 0.764. The van der Waals surface area contributed by atoms with Crippen LogP contribution in [-0.2, 0) is 14.3 Å². The lowest BCUT2D eigenvalue weighted by molar-refractivity contribution is -0.117. The number of ether oxygens (including phenoxy) is 1. The lowest BCUT2D eigenvalue weighted by Gasteiger charge is -2.07. The van der Waals surface area contributed by atoms with E-state index in [9.17, 15) is 9.59 Å². The van der Waals surface area contributed by atoms with Crippen molar-refractivity contribution in [3.05, 3.63) is 24.3 Å². The van der Waals surface area contributed by atoms with Gasteiger partial charge in [0.25, 0.3) is 0 Å². The van der Waals surface area contributed by atoms with Crippen LogP contribution in [0.2, 0.25) is 0 Å². The lowest BCUT2D eigenvalue weighted by atomic mass is 10.2. The van der Waals surface area contributed by atoms with Gasteiger partial charge in [0.1, 0.15) is 0 Å². The molecule has 5 nitrogen and oxygen atoms in total. The Kier molecular flexibility index (Phi) is 5.87. The van der Waals surface area contributed by atoms with Crippen LogP contribution in [0.5, 0.6) is 0 Å². The Hall–Kier alpha value is -1.88. The van der Waals surface area contributed by atoms with Crippen LogP contribution in [0.25, 0.3) is 0 Å². The van der Waals surface area contributed by atoms with E-state index in [1.54, 1.807) is 38.3 Å². The molecule has 0 saturated carbocycles. The second-order valence-corrected chi connectivity index (χ2v) is 3.77. The van der Waals surface area contributed by atoms with Crippen LogP contribution in [0.1, 0.15) is 19.8 Å². The first-order valence-corrected chi connectivity index (χ1v) is 5.84. The maximum atomic E-state index is 11.4. The molecule has 98 valence electrons. The number of benzene rings is 1. The van der Waals surface area contributed by atoms with Crippen molar-refractivity contribution < 1.29 is 14.3 Å². The third-order valence-electron chi connectivity index (χ3n) is 2.31. The quantitative estimate of drug-likeness (QED) is 0.811. The van der Waals surface area contributed by atoms with Crippen LogP contribution in [0.3, 0.4) is 0 Å². The highest BCUT2D eigenvalue weighted by Gasteiger charge is 2.02. The molecule has 0 saturated heterocycles. The average Bonchev–Trinajstić information content (AvgIpc) is 2.38. The predicted octanol–water partition coefficient (Wildman–Crippen LogP) is 2.01. The van der Waals surface area contributed by atoms with Gasteiger partial charge in [0.2, 0.25) is 11.8 Å². The number of amides is 2. The Labute approximate surface area is 107 Å². The Balaban J connectivity index is 2.49. The van der Waals surface area contributed by atoms with Crippen molar-refractivity contribution in [2.24, 2.45) is 0 Å². The van der Waals surface area contributed by atoms with Crippen LogP contribution < -0.4 is 10.6 Å². The monoisotopic (exact) mass is 250 g/mol. The Bertz CT molecular complexity index is 401. The topological polar surface area (TPSA) is 67.4 Å². The number of carbonyl (C=O) groups excluding carboxylic acids is 2. The van der Waals surface area contributed by atoms with Crippen LogP contribution in [-0.4, -0.2) is 25.5 Å². The molecule has 1 aromatic rings. The van der Waals surface area contributed by atoms with Crippen molar-refractivity contribution in [1.29, 1.82) is 0 Å². The molecular weight excluding hydrogens is 232 g/mol. The van der Waals surface area contributed by atoms with E-state index in [1.165, 1.54) is 0 Å². The Morgan fingerprint density at radius 3 is 2.00 bits per heavy atom. The SMILES string of the molecule is CCC(=O)Nc1ccc(NC(=O)CCOC)cc1. The third kappa shape index (κ3) is 4.97. The van der Waals surface area contributed by atoms with Gasteiger partial charge in [0.15, 0.2) is 0 Å². The number of rotatable bonds is 6.